The highest BCUT2D eigenvalue weighted by atomic mass is 16.6. The number of esters is 1. The fourth-order valence-corrected chi connectivity index (χ4v) is 6.45. The Bertz CT molecular complexity index is 1440. The van der Waals surface area contributed by atoms with Crippen LogP contribution in [0, 0.1) is 12.8 Å². The molecule has 1 aliphatic carbocycles. The Balaban J connectivity index is 1.28. The van der Waals surface area contributed by atoms with Gasteiger partial charge in [-0.15, -0.1) is 5.10 Å². The fraction of sp³-hybridized carbons (Fsp3) is 0.517. The maximum Gasteiger partial charge on any atom is 0.338 e. The number of hydrogen-bond donors (Lipinski definition) is 2. The van der Waals surface area contributed by atoms with Gasteiger partial charge in [0.05, 0.1) is 12.2 Å². The van der Waals surface area contributed by atoms with Crippen molar-refractivity contribution < 1.29 is 24.5 Å². The van der Waals surface area contributed by atoms with Gasteiger partial charge in [0.1, 0.15) is 22.9 Å². The van der Waals surface area contributed by atoms with Crippen molar-refractivity contribution in [2.45, 2.75) is 83.7 Å². The molecule has 9 nitrogen and oxygen atoms in total. The number of aryl methyl sites for hydroxylation is 3. The Morgan fingerprint density at radius 3 is 2.79 bits per heavy atom. The molecule has 6 rings (SSSR count). The second-order valence-corrected chi connectivity index (χ2v) is 10.9. The van der Waals surface area contributed by atoms with Gasteiger partial charge < -0.3 is 19.7 Å². The van der Waals surface area contributed by atoms with Crippen LogP contribution in [0.3, 0.4) is 0 Å². The summed E-state index contributed by atoms with van der Waals surface area (Å²) in [6, 6.07) is 2.03. The number of nitrogens with zero attached hydrogens (tertiary/aromatic N) is 4. The number of fused-ring (bicyclic) bond motifs is 2. The van der Waals surface area contributed by atoms with Crippen LogP contribution in [-0.4, -0.2) is 48.0 Å². The van der Waals surface area contributed by atoms with E-state index in [2.05, 4.69) is 15.1 Å². The van der Waals surface area contributed by atoms with E-state index in [-0.39, 0.29) is 30.1 Å². The van der Waals surface area contributed by atoms with Gasteiger partial charge in [0.25, 0.3) is 5.78 Å². The summed E-state index contributed by atoms with van der Waals surface area (Å²) >= 11 is 0. The number of aliphatic hydroxyl groups is 1. The first-order valence-electron chi connectivity index (χ1n) is 13.7. The molecule has 0 spiro atoms. The quantitative estimate of drug-likeness (QED) is 0.439. The smallest absolute Gasteiger partial charge is 0.338 e. The van der Waals surface area contributed by atoms with E-state index in [1.165, 1.54) is 0 Å². The molecule has 0 bridgehead atoms. The van der Waals surface area contributed by atoms with Crippen LogP contribution >= 0.6 is 0 Å². The molecule has 3 aromatic rings. The maximum absolute atomic E-state index is 13.4. The number of benzene rings is 1. The molecule has 1 unspecified atom stereocenters. The average Bonchev–Trinajstić information content (AvgIpc) is 3.67. The number of phenolic OH excluding ortho intramolecular Hbond substituents is 1. The number of carbonyl (C=O) groups is 1. The SMILES string of the molecule is CCc1cc(CCC2(C3CCCC3)CC(O)=C(Cc3nc4ncc(C)cn4n3)C(=O)O2)c2c(c1O)CCO2. The lowest BCUT2D eigenvalue weighted by atomic mass is 9.76. The Morgan fingerprint density at radius 2 is 2.03 bits per heavy atom. The number of aromatic nitrogens is 4. The first-order chi connectivity index (χ1) is 18.4. The third-order valence-corrected chi connectivity index (χ3v) is 8.46. The molecule has 200 valence electrons. The minimum Gasteiger partial charge on any atom is -0.512 e. The summed E-state index contributed by atoms with van der Waals surface area (Å²) in [6.07, 6.45) is 10.7. The van der Waals surface area contributed by atoms with E-state index in [4.69, 9.17) is 9.47 Å². The summed E-state index contributed by atoms with van der Waals surface area (Å²) in [5, 5.41) is 26.3. The van der Waals surface area contributed by atoms with Gasteiger partial charge in [0.15, 0.2) is 5.82 Å². The zero-order chi connectivity index (χ0) is 26.4. The zero-order valence-corrected chi connectivity index (χ0v) is 22.0. The first kappa shape index (κ1) is 24.7. The van der Waals surface area contributed by atoms with Crippen LogP contribution in [0.25, 0.3) is 5.78 Å². The van der Waals surface area contributed by atoms with E-state index in [0.29, 0.717) is 43.2 Å². The monoisotopic (exact) mass is 518 g/mol. The first-order valence-corrected chi connectivity index (χ1v) is 13.7. The fourth-order valence-electron chi connectivity index (χ4n) is 6.45. The summed E-state index contributed by atoms with van der Waals surface area (Å²) < 4.78 is 13.8. The van der Waals surface area contributed by atoms with Crippen molar-refractivity contribution in [3.63, 3.8) is 0 Å². The molecule has 4 heterocycles. The predicted octanol–water partition coefficient (Wildman–Crippen LogP) is 4.50. The molecule has 2 N–H and O–H groups in total. The Hall–Kier alpha value is -3.62. The van der Waals surface area contributed by atoms with E-state index in [9.17, 15) is 15.0 Å². The second kappa shape index (κ2) is 9.60. The lowest BCUT2D eigenvalue weighted by Crippen LogP contribution is -2.46. The number of carbonyl (C=O) groups excluding carboxylic acids is 1. The predicted molar refractivity (Wildman–Crippen MR) is 139 cm³/mol. The Labute approximate surface area is 221 Å². The van der Waals surface area contributed by atoms with Crippen LogP contribution in [0.1, 0.15) is 73.5 Å². The van der Waals surface area contributed by atoms with E-state index in [1.54, 1.807) is 10.7 Å². The second-order valence-electron chi connectivity index (χ2n) is 10.9. The van der Waals surface area contributed by atoms with E-state index in [0.717, 1.165) is 60.1 Å². The third kappa shape index (κ3) is 4.27. The minimum absolute atomic E-state index is 0.0672. The third-order valence-electron chi connectivity index (χ3n) is 8.46. The van der Waals surface area contributed by atoms with Crippen molar-refractivity contribution in [1.29, 1.82) is 0 Å². The van der Waals surface area contributed by atoms with Crippen LogP contribution in [0.4, 0.5) is 0 Å². The van der Waals surface area contributed by atoms with Gasteiger partial charge in [-0.25, -0.2) is 14.3 Å². The molecule has 1 saturated carbocycles. The van der Waals surface area contributed by atoms with Crippen molar-refractivity contribution in [3.05, 3.63) is 57.9 Å². The molecular weight excluding hydrogens is 484 g/mol. The van der Waals surface area contributed by atoms with Crippen LogP contribution in [-0.2, 0) is 35.2 Å². The highest BCUT2D eigenvalue weighted by molar-refractivity contribution is 5.90. The van der Waals surface area contributed by atoms with Gasteiger partial charge in [-0.2, -0.15) is 4.98 Å². The summed E-state index contributed by atoms with van der Waals surface area (Å²) in [5.41, 5.74) is 3.21. The summed E-state index contributed by atoms with van der Waals surface area (Å²) in [6.45, 7) is 4.51. The largest absolute Gasteiger partial charge is 0.512 e. The van der Waals surface area contributed by atoms with Crippen molar-refractivity contribution in [3.8, 4) is 11.5 Å². The standard InChI is InChI=1S/C29H34N4O5/c1-3-18-12-19(26-21(25(18)35)9-11-37-26)8-10-29(20-6-4-5-7-20)14-23(34)22(27(36)38-29)13-24-31-28-30-15-17(2)16-33(28)32-24/h12,15-16,20,34-35H,3-11,13-14H2,1-2H3. The topological polar surface area (TPSA) is 119 Å². The molecular formula is C29H34N4O5. The van der Waals surface area contributed by atoms with Gasteiger partial charge in [-0.05, 0) is 67.7 Å². The highest BCUT2D eigenvalue weighted by Gasteiger charge is 2.48. The summed E-state index contributed by atoms with van der Waals surface area (Å²) in [4.78, 5) is 22.1. The normalized spacial score (nSPS) is 21.7. The lowest BCUT2D eigenvalue weighted by molar-refractivity contribution is -0.167. The number of aromatic hydroxyl groups is 1. The van der Waals surface area contributed by atoms with Crippen molar-refractivity contribution in [1.82, 2.24) is 19.6 Å². The molecule has 1 aromatic carbocycles. The number of ether oxygens (including phenoxy) is 2. The van der Waals surface area contributed by atoms with Gasteiger partial charge in [0.2, 0.25) is 0 Å². The zero-order valence-electron chi connectivity index (χ0n) is 22.0. The molecule has 1 atom stereocenters. The molecule has 3 aliphatic rings. The van der Waals surface area contributed by atoms with Gasteiger partial charge in [-0.1, -0.05) is 19.8 Å². The molecule has 0 saturated heterocycles. The average molecular weight is 519 g/mol. The maximum atomic E-state index is 13.4. The van der Waals surface area contributed by atoms with E-state index in [1.807, 2.05) is 26.1 Å². The van der Waals surface area contributed by atoms with Crippen LogP contribution in [0.5, 0.6) is 11.5 Å². The van der Waals surface area contributed by atoms with Crippen molar-refractivity contribution in [2.75, 3.05) is 6.61 Å². The van der Waals surface area contributed by atoms with Gasteiger partial charge >= 0.3 is 5.97 Å². The van der Waals surface area contributed by atoms with Gasteiger partial charge in [0, 0.05) is 37.2 Å². The van der Waals surface area contributed by atoms with Crippen molar-refractivity contribution in [2.24, 2.45) is 5.92 Å². The Kier molecular flexibility index (Phi) is 6.24. The van der Waals surface area contributed by atoms with Crippen LogP contribution < -0.4 is 4.74 Å². The molecule has 1 fully saturated rings. The van der Waals surface area contributed by atoms with Crippen LogP contribution in [0.2, 0.25) is 0 Å². The molecule has 2 aromatic heterocycles. The number of rotatable bonds is 7. The Morgan fingerprint density at radius 1 is 1.21 bits per heavy atom. The molecule has 0 amide bonds. The molecule has 0 radical (unpaired) electrons. The lowest BCUT2D eigenvalue weighted by Gasteiger charge is -2.42. The van der Waals surface area contributed by atoms with Crippen molar-refractivity contribution >= 4 is 11.7 Å². The number of hydrogen-bond acceptors (Lipinski definition) is 8. The van der Waals surface area contributed by atoms with Gasteiger partial charge in [-0.3, -0.25) is 0 Å². The van der Waals surface area contributed by atoms with Crippen LogP contribution in [0.15, 0.2) is 29.8 Å². The highest BCUT2D eigenvalue weighted by Crippen LogP contribution is 2.47. The summed E-state index contributed by atoms with van der Waals surface area (Å²) in [5.74, 6) is 1.74. The number of phenols is 1. The molecule has 38 heavy (non-hydrogen) atoms. The summed E-state index contributed by atoms with van der Waals surface area (Å²) in [7, 11) is 0. The molecule has 2 aliphatic heterocycles. The van der Waals surface area contributed by atoms with E-state index >= 15 is 0 Å². The van der Waals surface area contributed by atoms with E-state index < -0.39 is 11.6 Å². The molecule has 9 heteroatoms. The number of cyclic esters (lactones) is 1. The minimum atomic E-state index is -0.776. The number of aliphatic hydroxyl groups excluding tert-OH is 1.